The van der Waals surface area contributed by atoms with Gasteiger partial charge in [-0.1, -0.05) is 48.5 Å². The Labute approximate surface area is 138 Å². The molecule has 0 saturated heterocycles. The van der Waals surface area contributed by atoms with E-state index in [-0.39, 0.29) is 0 Å². The van der Waals surface area contributed by atoms with Crippen molar-refractivity contribution in [1.29, 1.82) is 0 Å². The van der Waals surface area contributed by atoms with Crippen molar-refractivity contribution in [1.82, 2.24) is 4.90 Å². The molecule has 0 aliphatic heterocycles. The number of aliphatic imine (C=N–C) groups is 1. The third kappa shape index (κ3) is 3.59. The maximum absolute atomic E-state index is 4.56. The number of nitrogens with zero attached hydrogens (tertiary/aromatic N) is 2. The fourth-order valence-electron chi connectivity index (χ4n) is 2.92. The molecule has 2 nitrogen and oxygen atoms in total. The largest absolute Gasteiger partial charge is 0.377 e. The Kier molecular flexibility index (Phi) is 4.72. The fourth-order valence-corrected chi connectivity index (χ4v) is 2.92. The van der Waals surface area contributed by atoms with Gasteiger partial charge in [-0.05, 0) is 41.3 Å². The van der Waals surface area contributed by atoms with Crippen LogP contribution in [0.4, 0.5) is 5.69 Å². The van der Waals surface area contributed by atoms with E-state index in [1.165, 1.54) is 22.4 Å². The van der Waals surface area contributed by atoms with Gasteiger partial charge in [0.05, 0.1) is 5.69 Å². The smallest absolute Gasteiger partial charge is 0.0625 e. The van der Waals surface area contributed by atoms with Gasteiger partial charge in [-0.3, -0.25) is 4.99 Å². The summed E-state index contributed by atoms with van der Waals surface area (Å²) in [6.07, 6.45) is 8.30. The topological polar surface area (TPSA) is 15.6 Å². The van der Waals surface area contributed by atoms with Crippen LogP contribution in [0.5, 0.6) is 0 Å². The van der Waals surface area contributed by atoms with E-state index < -0.39 is 0 Å². The summed E-state index contributed by atoms with van der Waals surface area (Å²) in [6, 6.07) is 18.7. The molecule has 0 atom stereocenters. The second-order valence-electron chi connectivity index (χ2n) is 5.87. The van der Waals surface area contributed by atoms with Crippen molar-refractivity contribution in [2.45, 2.75) is 12.8 Å². The molecule has 23 heavy (non-hydrogen) atoms. The molecule has 1 aliphatic carbocycles. The minimum absolute atomic E-state index is 0.843. The first-order chi connectivity index (χ1) is 11.3. The Bertz CT molecular complexity index is 752. The lowest BCUT2D eigenvalue weighted by molar-refractivity contribution is 0.533. The standard InChI is InChI=1S/C21H22N2/c1-23(2)21-14-8-13-20(21)19-12-7-6-9-17(19)15-16-22-18-10-4-3-5-11-18/h3-12,14,16H,13,15H2,1-2H3. The van der Waals surface area contributed by atoms with Gasteiger partial charge in [0.25, 0.3) is 0 Å². The van der Waals surface area contributed by atoms with Crippen molar-refractivity contribution < 1.29 is 0 Å². The molecule has 116 valence electrons. The first-order valence-corrected chi connectivity index (χ1v) is 7.98. The lowest BCUT2D eigenvalue weighted by Gasteiger charge is -2.17. The predicted molar refractivity (Wildman–Crippen MR) is 99.1 cm³/mol. The van der Waals surface area contributed by atoms with Crippen LogP contribution < -0.4 is 0 Å². The van der Waals surface area contributed by atoms with E-state index in [9.17, 15) is 0 Å². The Morgan fingerprint density at radius 3 is 2.52 bits per heavy atom. The van der Waals surface area contributed by atoms with Crippen molar-refractivity contribution in [3.05, 3.63) is 83.6 Å². The van der Waals surface area contributed by atoms with Gasteiger partial charge in [0, 0.05) is 32.4 Å². The molecule has 0 N–H and O–H groups in total. The van der Waals surface area contributed by atoms with Crippen LogP contribution in [0.2, 0.25) is 0 Å². The number of hydrogen-bond donors (Lipinski definition) is 0. The summed E-state index contributed by atoms with van der Waals surface area (Å²) in [6.45, 7) is 0. The fraction of sp³-hybridized carbons (Fsp3) is 0.190. The van der Waals surface area contributed by atoms with Gasteiger partial charge in [-0.15, -0.1) is 0 Å². The quantitative estimate of drug-likeness (QED) is 0.720. The Morgan fingerprint density at radius 1 is 1.00 bits per heavy atom. The van der Waals surface area contributed by atoms with Gasteiger partial charge >= 0.3 is 0 Å². The Hall–Kier alpha value is -2.61. The minimum atomic E-state index is 0.843. The number of rotatable bonds is 5. The van der Waals surface area contributed by atoms with E-state index >= 15 is 0 Å². The zero-order valence-electron chi connectivity index (χ0n) is 13.7. The van der Waals surface area contributed by atoms with Gasteiger partial charge in [-0.2, -0.15) is 0 Å². The van der Waals surface area contributed by atoms with Gasteiger partial charge in [-0.25, -0.2) is 0 Å². The first kappa shape index (κ1) is 15.3. The van der Waals surface area contributed by atoms with E-state index in [4.69, 9.17) is 0 Å². The number of hydrogen-bond acceptors (Lipinski definition) is 2. The van der Waals surface area contributed by atoms with Crippen LogP contribution in [-0.4, -0.2) is 25.2 Å². The lowest BCUT2D eigenvalue weighted by atomic mass is 9.96. The van der Waals surface area contributed by atoms with Crippen molar-refractivity contribution in [3.63, 3.8) is 0 Å². The molecule has 0 bridgehead atoms. The molecule has 0 heterocycles. The number of likely N-dealkylation sites (N-methyl/N-ethyl adjacent to an activating group) is 1. The molecule has 0 saturated carbocycles. The van der Waals surface area contributed by atoms with Crippen LogP contribution >= 0.6 is 0 Å². The summed E-state index contributed by atoms with van der Waals surface area (Å²) in [4.78, 5) is 6.74. The summed E-state index contributed by atoms with van der Waals surface area (Å²) in [5.41, 5.74) is 6.36. The lowest BCUT2D eigenvalue weighted by Crippen LogP contribution is -2.10. The highest BCUT2D eigenvalue weighted by Crippen LogP contribution is 2.32. The number of allylic oxidation sites excluding steroid dienone is 3. The van der Waals surface area contributed by atoms with Crippen molar-refractivity contribution in [2.24, 2.45) is 4.99 Å². The zero-order valence-corrected chi connectivity index (χ0v) is 13.7. The molecule has 2 heteroatoms. The molecule has 2 aromatic carbocycles. The summed E-state index contributed by atoms with van der Waals surface area (Å²) >= 11 is 0. The van der Waals surface area contributed by atoms with Gasteiger partial charge in [0.1, 0.15) is 0 Å². The first-order valence-electron chi connectivity index (χ1n) is 7.98. The third-order valence-electron chi connectivity index (χ3n) is 4.04. The SMILES string of the molecule is CN(C)C1=C(c2ccccc2CC=Nc2ccccc2)CC=C1. The highest BCUT2D eigenvalue weighted by atomic mass is 15.1. The van der Waals surface area contributed by atoms with Crippen LogP contribution in [-0.2, 0) is 6.42 Å². The van der Waals surface area contributed by atoms with E-state index in [2.05, 4.69) is 60.4 Å². The summed E-state index contributed by atoms with van der Waals surface area (Å²) in [5.74, 6) is 0. The van der Waals surface area contributed by atoms with E-state index in [1.54, 1.807) is 0 Å². The molecule has 2 aromatic rings. The molecule has 3 rings (SSSR count). The van der Waals surface area contributed by atoms with Gasteiger partial charge < -0.3 is 4.90 Å². The number of para-hydroxylation sites is 1. The highest BCUT2D eigenvalue weighted by Gasteiger charge is 2.15. The van der Waals surface area contributed by atoms with Gasteiger partial charge in [0.2, 0.25) is 0 Å². The average molecular weight is 302 g/mol. The molecule has 0 fully saturated rings. The molecule has 0 amide bonds. The van der Waals surface area contributed by atoms with Crippen LogP contribution in [0.1, 0.15) is 17.5 Å². The molecule has 0 unspecified atom stereocenters. The van der Waals surface area contributed by atoms with E-state index in [1.807, 2.05) is 36.5 Å². The Morgan fingerprint density at radius 2 is 1.74 bits per heavy atom. The molecule has 1 aliphatic rings. The third-order valence-corrected chi connectivity index (χ3v) is 4.04. The summed E-state index contributed by atoms with van der Waals surface area (Å²) < 4.78 is 0. The summed E-state index contributed by atoms with van der Waals surface area (Å²) in [5, 5.41) is 0. The molecule has 0 radical (unpaired) electrons. The highest BCUT2D eigenvalue weighted by molar-refractivity contribution is 5.78. The second kappa shape index (κ2) is 7.10. The van der Waals surface area contributed by atoms with Crippen molar-refractivity contribution in [2.75, 3.05) is 14.1 Å². The summed E-state index contributed by atoms with van der Waals surface area (Å²) in [7, 11) is 4.20. The average Bonchev–Trinajstić information content (AvgIpc) is 3.06. The van der Waals surface area contributed by atoms with Crippen molar-refractivity contribution in [3.8, 4) is 0 Å². The van der Waals surface area contributed by atoms with Crippen molar-refractivity contribution >= 4 is 17.5 Å². The monoisotopic (exact) mass is 302 g/mol. The molecule has 0 aromatic heterocycles. The Balaban J connectivity index is 1.85. The molecular weight excluding hydrogens is 280 g/mol. The number of benzene rings is 2. The van der Waals surface area contributed by atoms with Crippen LogP contribution in [0.3, 0.4) is 0 Å². The second-order valence-corrected chi connectivity index (χ2v) is 5.87. The molecule has 0 spiro atoms. The maximum Gasteiger partial charge on any atom is 0.0625 e. The van der Waals surface area contributed by atoms with Gasteiger partial charge in [0.15, 0.2) is 0 Å². The van der Waals surface area contributed by atoms with Crippen LogP contribution in [0.15, 0.2) is 77.4 Å². The normalized spacial score (nSPS) is 14.0. The van der Waals surface area contributed by atoms with Crippen LogP contribution in [0.25, 0.3) is 5.57 Å². The minimum Gasteiger partial charge on any atom is -0.377 e. The van der Waals surface area contributed by atoms with Crippen LogP contribution in [0, 0.1) is 0 Å². The zero-order chi connectivity index (χ0) is 16.1. The maximum atomic E-state index is 4.56. The molecular formula is C21H22N2. The predicted octanol–water partition coefficient (Wildman–Crippen LogP) is 4.86. The van der Waals surface area contributed by atoms with E-state index in [0.29, 0.717) is 0 Å². The van der Waals surface area contributed by atoms with E-state index in [0.717, 1.165) is 18.5 Å².